The molecule has 0 atom stereocenters. The lowest BCUT2D eigenvalue weighted by molar-refractivity contribution is -0.137. The molecule has 0 radical (unpaired) electrons. The second-order valence-electron chi connectivity index (χ2n) is 6.49. The minimum Gasteiger partial charge on any atom is -0.457 e. The van der Waals surface area contributed by atoms with Gasteiger partial charge in [0, 0.05) is 31.1 Å². The molecule has 1 heterocycles. The highest BCUT2D eigenvalue weighted by Crippen LogP contribution is 2.32. The molecule has 0 aliphatic carbocycles. The Morgan fingerprint density at radius 3 is 2.41 bits per heavy atom. The molecule has 6 nitrogen and oxygen atoms in total. The lowest BCUT2D eigenvalue weighted by atomic mass is 10.1. The summed E-state index contributed by atoms with van der Waals surface area (Å²) in [6.07, 6.45) is -0.920. The van der Waals surface area contributed by atoms with Gasteiger partial charge in [-0.25, -0.2) is 0 Å². The minimum absolute atomic E-state index is 0.104. The first-order valence-corrected chi connectivity index (χ1v) is 9.37. The largest absolute Gasteiger partial charge is 0.457 e. The summed E-state index contributed by atoms with van der Waals surface area (Å²) in [5.74, 6) is -0.0761. The third kappa shape index (κ3) is 5.94. The summed E-state index contributed by atoms with van der Waals surface area (Å²) in [4.78, 5) is 27.7. The molecule has 3 rings (SSSR count). The van der Waals surface area contributed by atoms with Gasteiger partial charge in [-0.15, -0.1) is 0 Å². The standard InChI is InChI=1S/C23H18F3N3O3/c1-27-22(31)20-14-18(12-13-28-20)32-17-9-7-16(8-10-17)29-21(30)11-6-15-4-2-3-5-19(15)23(24,25)26/h2-14H,1H3,(H,27,31)(H,29,30). The predicted molar refractivity (Wildman–Crippen MR) is 113 cm³/mol. The molecule has 0 unspecified atom stereocenters. The number of pyridine rings is 1. The van der Waals surface area contributed by atoms with Crippen molar-refractivity contribution in [1.29, 1.82) is 0 Å². The maximum atomic E-state index is 13.0. The van der Waals surface area contributed by atoms with Gasteiger partial charge in [-0.3, -0.25) is 14.6 Å². The second kappa shape index (κ2) is 9.78. The number of nitrogens with zero attached hydrogens (tertiary/aromatic N) is 1. The molecular formula is C23H18F3N3O3. The van der Waals surface area contributed by atoms with Crippen molar-refractivity contribution in [2.45, 2.75) is 6.18 Å². The van der Waals surface area contributed by atoms with Gasteiger partial charge in [0.2, 0.25) is 5.91 Å². The number of ether oxygens (including phenoxy) is 1. The first-order chi connectivity index (χ1) is 15.3. The lowest BCUT2D eigenvalue weighted by Gasteiger charge is -2.10. The Labute approximate surface area is 181 Å². The van der Waals surface area contributed by atoms with Crippen LogP contribution in [0.1, 0.15) is 21.6 Å². The fourth-order valence-corrected chi connectivity index (χ4v) is 2.72. The molecule has 0 aliphatic heterocycles. The van der Waals surface area contributed by atoms with E-state index in [0.29, 0.717) is 17.2 Å². The van der Waals surface area contributed by atoms with E-state index in [2.05, 4.69) is 15.6 Å². The summed E-state index contributed by atoms with van der Waals surface area (Å²) in [7, 11) is 1.49. The van der Waals surface area contributed by atoms with Crippen molar-refractivity contribution in [1.82, 2.24) is 10.3 Å². The maximum absolute atomic E-state index is 13.0. The molecule has 0 spiro atoms. The van der Waals surface area contributed by atoms with Crippen molar-refractivity contribution < 1.29 is 27.5 Å². The summed E-state index contributed by atoms with van der Waals surface area (Å²) >= 11 is 0. The molecule has 3 aromatic rings. The van der Waals surface area contributed by atoms with Gasteiger partial charge in [0.1, 0.15) is 17.2 Å². The van der Waals surface area contributed by atoms with Crippen LogP contribution in [0, 0.1) is 0 Å². The molecule has 0 aliphatic rings. The van der Waals surface area contributed by atoms with Crippen LogP contribution in [0.4, 0.5) is 18.9 Å². The van der Waals surface area contributed by atoms with Crippen LogP contribution in [0.3, 0.4) is 0 Å². The molecule has 164 valence electrons. The fourth-order valence-electron chi connectivity index (χ4n) is 2.72. The van der Waals surface area contributed by atoms with E-state index in [-0.39, 0.29) is 17.2 Å². The minimum atomic E-state index is -4.51. The number of hydrogen-bond acceptors (Lipinski definition) is 4. The van der Waals surface area contributed by atoms with Crippen LogP contribution < -0.4 is 15.4 Å². The summed E-state index contributed by atoms with van der Waals surface area (Å²) in [5.41, 5.74) is -0.293. The van der Waals surface area contributed by atoms with Crippen LogP contribution in [0.15, 0.2) is 72.9 Å². The highest BCUT2D eigenvalue weighted by Gasteiger charge is 2.32. The number of halogens is 3. The Morgan fingerprint density at radius 1 is 1.00 bits per heavy atom. The summed E-state index contributed by atoms with van der Waals surface area (Å²) < 4.78 is 44.7. The van der Waals surface area contributed by atoms with Gasteiger partial charge < -0.3 is 15.4 Å². The monoisotopic (exact) mass is 441 g/mol. The second-order valence-corrected chi connectivity index (χ2v) is 6.49. The molecule has 2 N–H and O–H groups in total. The van der Waals surface area contributed by atoms with E-state index in [1.807, 2.05) is 0 Å². The van der Waals surface area contributed by atoms with E-state index in [9.17, 15) is 22.8 Å². The molecule has 2 amide bonds. The number of aromatic nitrogens is 1. The van der Waals surface area contributed by atoms with Gasteiger partial charge in [-0.2, -0.15) is 13.2 Å². The third-order valence-electron chi connectivity index (χ3n) is 4.23. The topological polar surface area (TPSA) is 80.3 Å². The number of alkyl halides is 3. The average Bonchev–Trinajstić information content (AvgIpc) is 2.78. The average molecular weight is 441 g/mol. The highest BCUT2D eigenvalue weighted by molar-refractivity contribution is 6.02. The Kier molecular flexibility index (Phi) is 6.89. The number of anilines is 1. The Morgan fingerprint density at radius 2 is 1.72 bits per heavy atom. The van der Waals surface area contributed by atoms with E-state index >= 15 is 0 Å². The zero-order valence-corrected chi connectivity index (χ0v) is 16.8. The van der Waals surface area contributed by atoms with Crippen LogP contribution in [-0.2, 0) is 11.0 Å². The first kappa shape index (κ1) is 22.5. The van der Waals surface area contributed by atoms with Gasteiger partial charge in [0.25, 0.3) is 5.91 Å². The number of carbonyl (C=O) groups excluding carboxylic acids is 2. The number of nitrogens with one attached hydrogen (secondary N) is 2. The highest BCUT2D eigenvalue weighted by atomic mass is 19.4. The van der Waals surface area contributed by atoms with Crippen LogP contribution in [0.2, 0.25) is 0 Å². The van der Waals surface area contributed by atoms with Crippen molar-refractivity contribution in [3.05, 3.63) is 89.8 Å². The van der Waals surface area contributed by atoms with Crippen LogP contribution in [-0.4, -0.2) is 23.8 Å². The number of hydrogen-bond donors (Lipinski definition) is 2. The molecule has 9 heteroatoms. The number of benzene rings is 2. The Hall–Kier alpha value is -4.14. The third-order valence-corrected chi connectivity index (χ3v) is 4.23. The van der Waals surface area contributed by atoms with Gasteiger partial charge in [-0.1, -0.05) is 18.2 Å². The Balaban J connectivity index is 1.63. The van der Waals surface area contributed by atoms with Crippen molar-refractivity contribution >= 4 is 23.6 Å². The summed E-state index contributed by atoms with van der Waals surface area (Å²) in [5, 5.41) is 5.04. The summed E-state index contributed by atoms with van der Waals surface area (Å²) in [6.45, 7) is 0. The van der Waals surface area contributed by atoms with E-state index in [0.717, 1.165) is 18.2 Å². The zero-order chi connectivity index (χ0) is 23.1. The van der Waals surface area contributed by atoms with Gasteiger partial charge in [0.15, 0.2) is 0 Å². The molecule has 32 heavy (non-hydrogen) atoms. The van der Waals surface area contributed by atoms with Gasteiger partial charge in [-0.05, 0) is 48.0 Å². The SMILES string of the molecule is CNC(=O)c1cc(Oc2ccc(NC(=O)C=Cc3ccccc3C(F)(F)F)cc2)ccn1. The van der Waals surface area contributed by atoms with Crippen molar-refractivity contribution in [2.75, 3.05) is 12.4 Å². The maximum Gasteiger partial charge on any atom is 0.416 e. The molecule has 0 saturated carbocycles. The number of rotatable bonds is 6. The van der Waals surface area contributed by atoms with Crippen LogP contribution in [0.5, 0.6) is 11.5 Å². The molecule has 2 aromatic carbocycles. The molecule has 0 fully saturated rings. The fraction of sp³-hybridized carbons (Fsp3) is 0.0870. The van der Waals surface area contributed by atoms with Crippen molar-refractivity contribution in [3.63, 3.8) is 0 Å². The van der Waals surface area contributed by atoms with Crippen molar-refractivity contribution in [2.24, 2.45) is 0 Å². The molecule has 1 aromatic heterocycles. The number of amides is 2. The molecule has 0 bridgehead atoms. The van der Waals surface area contributed by atoms with Crippen molar-refractivity contribution in [3.8, 4) is 11.5 Å². The molecular weight excluding hydrogens is 423 g/mol. The van der Waals surface area contributed by atoms with Crippen LogP contribution >= 0.6 is 0 Å². The van der Waals surface area contributed by atoms with E-state index in [4.69, 9.17) is 4.74 Å². The quantitative estimate of drug-likeness (QED) is 0.533. The lowest BCUT2D eigenvalue weighted by Crippen LogP contribution is -2.18. The summed E-state index contributed by atoms with van der Waals surface area (Å²) in [6, 6.07) is 14.4. The normalized spacial score (nSPS) is 11.2. The first-order valence-electron chi connectivity index (χ1n) is 9.37. The van der Waals surface area contributed by atoms with E-state index in [1.54, 1.807) is 30.3 Å². The molecule has 0 saturated heterocycles. The zero-order valence-electron chi connectivity index (χ0n) is 16.8. The smallest absolute Gasteiger partial charge is 0.416 e. The van der Waals surface area contributed by atoms with Crippen LogP contribution in [0.25, 0.3) is 6.08 Å². The number of carbonyl (C=O) groups is 2. The predicted octanol–water partition coefficient (Wildman–Crippen LogP) is 4.90. The van der Waals surface area contributed by atoms with E-state index in [1.165, 1.54) is 37.5 Å². The van der Waals surface area contributed by atoms with Gasteiger partial charge in [0.05, 0.1) is 5.56 Å². The van der Waals surface area contributed by atoms with E-state index < -0.39 is 17.6 Å². The van der Waals surface area contributed by atoms with Gasteiger partial charge >= 0.3 is 6.18 Å². The Bertz CT molecular complexity index is 1140.